The number of rotatable bonds is 7. The third-order valence-electron chi connectivity index (χ3n) is 7.58. The van der Waals surface area contributed by atoms with Crippen LogP contribution in [0.1, 0.15) is 55.0 Å². The van der Waals surface area contributed by atoms with Gasteiger partial charge in [0.2, 0.25) is 0 Å². The molecule has 0 amide bonds. The van der Waals surface area contributed by atoms with Gasteiger partial charge in [0.25, 0.3) is 5.56 Å². The molecular weight excluding hydrogens is 613 g/mol. The first-order valence-corrected chi connectivity index (χ1v) is 14.7. The van der Waals surface area contributed by atoms with Crippen molar-refractivity contribution >= 4 is 50.5 Å². The summed E-state index contributed by atoms with van der Waals surface area (Å²) in [5.74, 6) is 2.27. The molecule has 0 aliphatic heterocycles. The van der Waals surface area contributed by atoms with Crippen LogP contribution in [0.2, 0.25) is 0 Å². The molecule has 0 bridgehead atoms. The van der Waals surface area contributed by atoms with Gasteiger partial charge < -0.3 is 9.47 Å². The van der Waals surface area contributed by atoms with Crippen LogP contribution in [0.4, 0.5) is 0 Å². The average molecular weight is 644 g/mol. The maximum Gasteiger partial charge on any atom is 0.282 e. The van der Waals surface area contributed by atoms with Gasteiger partial charge in [-0.25, -0.2) is 4.98 Å². The third-order valence-corrected chi connectivity index (χ3v) is 8.38. The predicted molar refractivity (Wildman–Crippen MR) is 169 cm³/mol. The topological polar surface area (TPSA) is 65.7 Å². The van der Waals surface area contributed by atoms with Crippen LogP contribution in [0.3, 0.4) is 0 Å². The standard InChI is InChI=1S/C33H30IN3O3/c1-39-30-19-22(18-28(34)31(30)40-21-25-14-9-13-23-10-5-6-15-26(23)25)20-35-37-32(24-11-3-2-4-12-24)36-29-17-8-7-16-27(29)33(37)38/h5-10,13-20,24H,2-4,11-12,21H2,1H3. The zero-order valence-corrected chi connectivity index (χ0v) is 24.5. The molecule has 0 unspecified atom stereocenters. The molecule has 6 rings (SSSR count). The van der Waals surface area contributed by atoms with Crippen LogP contribution in [-0.4, -0.2) is 23.0 Å². The molecule has 0 spiro atoms. The first-order valence-electron chi connectivity index (χ1n) is 13.7. The van der Waals surface area contributed by atoms with Crippen LogP contribution in [0.25, 0.3) is 21.7 Å². The van der Waals surface area contributed by atoms with Gasteiger partial charge in [0.05, 0.1) is 27.8 Å². The summed E-state index contributed by atoms with van der Waals surface area (Å²) >= 11 is 2.26. The molecule has 0 atom stereocenters. The molecule has 40 heavy (non-hydrogen) atoms. The number of hydrogen-bond donors (Lipinski definition) is 0. The Morgan fingerprint density at radius 2 is 1.73 bits per heavy atom. The van der Waals surface area contributed by atoms with E-state index in [0.29, 0.717) is 23.5 Å². The van der Waals surface area contributed by atoms with Crippen molar-refractivity contribution in [3.05, 3.63) is 110 Å². The average Bonchev–Trinajstić information content (AvgIpc) is 3.00. The molecule has 1 saturated carbocycles. The van der Waals surface area contributed by atoms with Crippen molar-refractivity contribution in [2.45, 2.75) is 44.6 Å². The van der Waals surface area contributed by atoms with Crippen LogP contribution in [0.15, 0.2) is 88.8 Å². The molecule has 0 saturated heterocycles. The van der Waals surface area contributed by atoms with Crippen LogP contribution in [0, 0.1) is 3.57 Å². The van der Waals surface area contributed by atoms with E-state index in [0.717, 1.165) is 51.7 Å². The second-order valence-electron chi connectivity index (χ2n) is 10.1. The van der Waals surface area contributed by atoms with E-state index in [9.17, 15) is 4.79 Å². The van der Waals surface area contributed by atoms with E-state index in [1.54, 1.807) is 13.3 Å². The highest BCUT2D eigenvalue weighted by Crippen LogP contribution is 2.35. The summed E-state index contributed by atoms with van der Waals surface area (Å²) in [6.07, 6.45) is 7.27. The van der Waals surface area contributed by atoms with Gasteiger partial charge in [0.15, 0.2) is 11.5 Å². The van der Waals surface area contributed by atoms with Gasteiger partial charge in [-0.05, 0) is 81.6 Å². The molecular formula is C33H30IN3O3. The summed E-state index contributed by atoms with van der Waals surface area (Å²) < 4.78 is 14.4. The lowest BCUT2D eigenvalue weighted by Gasteiger charge is -2.22. The molecule has 1 fully saturated rings. The van der Waals surface area contributed by atoms with Crippen molar-refractivity contribution in [3.63, 3.8) is 0 Å². The fraction of sp³-hybridized carbons (Fsp3) is 0.242. The third kappa shape index (κ3) is 5.35. The minimum atomic E-state index is -0.140. The van der Waals surface area contributed by atoms with Gasteiger partial charge >= 0.3 is 0 Å². The largest absolute Gasteiger partial charge is 0.493 e. The predicted octanol–water partition coefficient (Wildman–Crippen LogP) is 7.67. The Morgan fingerprint density at radius 1 is 0.975 bits per heavy atom. The number of nitrogens with zero attached hydrogens (tertiary/aromatic N) is 3. The van der Waals surface area contributed by atoms with E-state index in [-0.39, 0.29) is 11.5 Å². The number of ether oxygens (including phenoxy) is 2. The molecule has 6 nitrogen and oxygen atoms in total. The van der Waals surface area contributed by atoms with E-state index in [1.807, 2.05) is 54.6 Å². The van der Waals surface area contributed by atoms with Crippen molar-refractivity contribution in [2.75, 3.05) is 7.11 Å². The van der Waals surface area contributed by atoms with Gasteiger partial charge in [-0.15, -0.1) is 0 Å². The van der Waals surface area contributed by atoms with Gasteiger partial charge in [0.1, 0.15) is 12.4 Å². The summed E-state index contributed by atoms with van der Waals surface area (Å²) in [6, 6.07) is 25.9. The Morgan fingerprint density at radius 3 is 2.55 bits per heavy atom. The highest BCUT2D eigenvalue weighted by molar-refractivity contribution is 14.1. The van der Waals surface area contributed by atoms with Crippen molar-refractivity contribution in [1.82, 2.24) is 9.66 Å². The number of benzene rings is 4. The number of para-hydroxylation sites is 1. The van der Waals surface area contributed by atoms with Gasteiger partial charge in [-0.3, -0.25) is 4.79 Å². The van der Waals surface area contributed by atoms with Crippen molar-refractivity contribution < 1.29 is 9.47 Å². The Balaban J connectivity index is 1.32. The molecule has 1 heterocycles. The van der Waals surface area contributed by atoms with Crippen LogP contribution >= 0.6 is 22.6 Å². The van der Waals surface area contributed by atoms with Crippen LogP contribution < -0.4 is 15.0 Å². The van der Waals surface area contributed by atoms with E-state index in [1.165, 1.54) is 21.9 Å². The summed E-state index contributed by atoms with van der Waals surface area (Å²) in [4.78, 5) is 18.4. The van der Waals surface area contributed by atoms with E-state index in [2.05, 4.69) is 46.9 Å². The number of aromatic nitrogens is 2. The summed E-state index contributed by atoms with van der Waals surface area (Å²) in [7, 11) is 1.63. The summed E-state index contributed by atoms with van der Waals surface area (Å²) in [5, 5.41) is 7.62. The smallest absolute Gasteiger partial charge is 0.282 e. The lowest BCUT2D eigenvalue weighted by molar-refractivity contribution is 0.283. The molecule has 1 aliphatic carbocycles. The minimum absolute atomic E-state index is 0.140. The van der Waals surface area contributed by atoms with Gasteiger partial charge in [-0.2, -0.15) is 9.78 Å². The zero-order valence-electron chi connectivity index (χ0n) is 22.3. The number of fused-ring (bicyclic) bond motifs is 2. The fourth-order valence-corrected chi connectivity index (χ4v) is 6.31. The van der Waals surface area contributed by atoms with Crippen molar-refractivity contribution in [2.24, 2.45) is 5.10 Å². The van der Waals surface area contributed by atoms with E-state index < -0.39 is 0 Å². The second kappa shape index (κ2) is 11.8. The quantitative estimate of drug-likeness (QED) is 0.135. The fourth-order valence-electron chi connectivity index (χ4n) is 5.52. The molecule has 1 aromatic heterocycles. The number of hydrogen-bond acceptors (Lipinski definition) is 5. The molecule has 1 aliphatic rings. The molecule has 0 N–H and O–H groups in total. The first-order chi connectivity index (χ1) is 19.6. The highest BCUT2D eigenvalue weighted by Gasteiger charge is 2.22. The lowest BCUT2D eigenvalue weighted by Crippen LogP contribution is -2.25. The minimum Gasteiger partial charge on any atom is -0.493 e. The molecule has 7 heteroatoms. The SMILES string of the molecule is COc1cc(C=Nn2c(C3CCCCC3)nc3ccccc3c2=O)cc(I)c1OCc1cccc2ccccc12. The molecule has 4 aromatic carbocycles. The monoisotopic (exact) mass is 643 g/mol. The first kappa shape index (κ1) is 26.5. The second-order valence-corrected chi connectivity index (χ2v) is 11.3. The van der Waals surface area contributed by atoms with Gasteiger partial charge in [0, 0.05) is 5.92 Å². The van der Waals surface area contributed by atoms with E-state index in [4.69, 9.17) is 19.6 Å². The maximum absolute atomic E-state index is 13.5. The van der Waals surface area contributed by atoms with Crippen molar-refractivity contribution in [3.8, 4) is 11.5 Å². The number of halogens is 1. The number of methoxy groups -OCH3 is 1. The van der Waals surface area contributed by atoms with Crippen molar-refractivity contribution in [1.29, 1.82) is 0 Å². The molecule has 202 valence electrons. The van der Waals surface area contributed by atoms with Gasteiger partial charge in [-0.1, -0.05) is 73.9 Å². The van der Waals surface area contributed by atoms with Crippen LogP contribution in [-0.2, 0) is 6.61 Å². The Kier molecular flexibility index (Phi) is 7.82. The van der Waals surface area contributed by atoms with Crippen LogP contribution in [0.5, 0.6) is 11.5 Å². The Hall–Kier alpha value is -3.72. The Bertz CT molecular complexity index is 1770. The molecule has 0 radical (unpaired) electrons. The summed E-state index contributed by atoms with van der Waals surface area (Å²) in [6.45, 7) is 0.421. The van der Waals surface area contributed by atoms with E-state index >= 15 is 0 Å². The normalized spacial score (nSPS) is 14.2. The lowest BCUT2D eigenvalue weighted by atomic mass is 9.88. The summed E-state index contributed by atoms with van der Waals surface area (Å²) in [5.41, 5.74) is 2.51. The maximum atomic E-state index is 13.5. The Labute approximate surface area is 246 Å². The highest BCUT2D eigenvalue weighted by atomic mass is 127. The molecule has 5 aromatic rings. The zero-order chi connectivity index (χ0) is 27.5.